The van der Waals surface area contributed by atoms with E-state index in [1.54, 1.807) is 12.1 Å². The van der Waals surface area contributed by atoms with Crippen molar-refractivity contribution in [2.24, 2.45) is 0 Å². The minimum Gasteiger partial charge on any atom is -0.281 e. The number of fused-ring (bicyclic) bond motifs is 1. The topological polar surface area (TPSA) is 110 Å². The van der Waals surface area contributed by atoms with Gasteiger partial charge in [0.1, 0.15) is 0 Å². The maximum Gasteiger partial charge on any atom is 0.312 e. The molecule has 7 nitrogen and oxygen atoms in total. The predicted molar refractivity (Wildman–Crippen MR) is 58.2 cm³/mol. The van der Waals surface area contributed by atoms with Gasteiger partial charge in [0, 0.05) is 0 Å². The van der Waals surface area contributed by atoms with Crippen LogP contribution in [0, 0.1) is 10.1 Å². The summed E-state index contributed by atoms with van der Waals surface area (Å²) in [5, 5.41) is 10.3. The second-order valence-electron chi connectivity index (χ2n) is 3.23. The summed E-state index contributed by atoms with van der Waals surface area (Å²) in [4.78, 5) is 13.7. The normalized spacial score (nSPS) is 11.6. The molecule has 0 atom stereocenters. The number of rotatable bonds is 2. The molecular weight excluding hydrogens is 248 g/mol. The lowest BCUT2D eigenvalue weighted by atomic mass is 10.2. The van der Waals surface area contributed by atoms with Crippen LogP contribution in [-0.2, 0) is 10.1 Å². The zero-order chi connectivity index (χ0) is 12.6. The molecule has 2 aromatic rings. The number of nitrogens with zero attached hydrogens (tertiary/aromatic N) is 2. The van der Waals surface area contributed by atoms with Crippen molar-refractivity contribution in [1.82, 2.24) is 4.98 Å². The van der Waals surface area contributed by atoms with Gasteiger partial charge >= 0.3 is 10.1 Å². The molecule has 0 unspecified atom stereocenters. The van der Waals surface area contributed by atoms with Crippen LogP contribution < -0.4 is 0 Å². The van der Waals surface area contributed by atoms with E-state index in [0.717, 1.165) is 6.07 Å². The molecular formula is C9H6N2O5S. The molecule has 0 saturated heterocycles. The van der Waals surface area contributed by atoms with Crippen molar-refractivity contribution in [3.63, 3.8) is 0 Å². The SMILES string of the molecule is O=[N+]([O-])c1cc(S(=O)(=O)O)nc2ccccc12. The van der Waals surface area contributed by atoms with Gasteiger partial charge in [0.25, 0.3) is 5.69 Å². The molecule has 88 valence electrons. The van der Waals surface area contributed by atoms with E-state index in [1.165, 1.54) is 12.1 Å². The van der Waals surface area contributed by atoms with Gasteiger partial charge in [0.05, 0.1) is 21.9 Å². The highest BCUT2D eigenvalue weighted by atomic mass is 32.2. The third kappa shape index (κ3) is 2.08. The Morgan fingerprint density at radius 3 is 2.53 bits per heavy atom. The number of aromatic nitrogens is 1. The van der Waals surface area contributed by atoms with Gasteiger partial charge in [-0.3, -0.25) is 14.7 Å². The lowest BCUT2D eigenvalue weighted by Gasteiger charge is -2.01. The summed E-state index contributed by atoms with van der Waals surface area (Å²) < 4.78 is 30.7. The summed E-state index contributed by atoms with van der Waals surface area (Å²) in [6, 6.07) is 6.75. The third-order valence-electron chi connectivity index (χ3n) is 2.13. The Hall–Kier alpha value is -2.06. The molecule has 0 spiro atoms. The van der Waals surface area contributed by atoms with Gasteiger partial charge in [-0.2, -0.15) is 8.42 Å². The van der Waals surface area contributed by atoms with Crippen molar-refractivity contribution in [2.45, 2.75) is 5.03 Å². The summed E-state index contributed by atoms with van der Waals surface area (Å²) in [6.07, 6.45) is 0. The minimum absolute atomic E-state index is 0.134. The highest BCUT2D eigenvalue weighted by Gasteiger charge is 2.20. The van der Waals surface area contributed by atoms with Crippen LogP contribution >= 0.6 is 0 Å². The predicted octanol–water partition coefficient (Wildman–Crippen LogP) is 1.39. The van der Waals surface area contributed by atoms with E-state index < -0.39 is 25.8 Å². The van der Waals surface area contributed by atoms with E-state index in [2.05, 4.69) is 4.98 Å². The smallest absolute Gasteiger partial charge is 0.281 e. The molecule has 0 aliphatic heterocycles. The molecule has 0 saturated carbocycles. The Kier molecular flexibility index (Phi) is 2.52. The first kappa shape index (κ1) is 11.4. The molecule has 0 aliphatic rings. The highest BCUT2D eigenvalue weighted by Crippen LogP contribution is 2.26. The van der Waals surface area contributed by atoms with E-state index in [1.807, 2.05) is 0 Å². The Morgan fingerprint density at radius 1 is 1.29 bits per heavy atom. The van der Waals surface area contributed by atoms with Crippen molar-refractivity contribution in [2.75, 3.05) is 0 Å². The summed E-state index contributed by atoms with van der Waals surface area (Å²) >= 11 is 0. The number of hydrogen-bond acceptors (Lipinski definition) is 5. The molecule has 2 rings (SSSR count). The number of hydrogen-bond donors (Lipinski definition) is 1. The van der Waals surface area contributed by atoms with Crippen molar-refractivity contribution >= 4 is 26.7 Å². The average Bonchev–Trinajstić information content (AvgIpc) is 2.26. The quantitative estimate of drug-likeness (QED) is 0.492. The van der Waals surface area contributed by atoms with Crippen LogP contribution in [-0.4, -0.2) is 22.9 Å². The highest BCUT2D eigenvalue weighted by molar-refractivity contribution is 7.85. The Balaban J connectivity index is 2.90. The summed E-state index contributed by atoms with van der Waals surface area (Å²) in [6.45, 7) is 0. The first-order chi connectivity index (χ1) is 7.89. The molecule has 8 heteroatoms. The van der Waals surface area contributed by atoms with Crippen LogP contribution in [0.15, 0.2) is 35.4 Å². The number of para-hydroxylation sites is 1. The first-order valence-corrected chi connectivity index (χ1v) is 5.85. The molecule has 1 aromatic heterocycles. The summed E-state index contributed by atoms with van der Waals surface area (Å²) in [5.74, 6) is 0. The molecule has 0 aliphatic carbocycles. The molecule has 0 radical (unpaired) electrons. The van der Waals surface area contributed by atoms with Gasteiger partial charge < -0.3 is 0 Å². The van der Waals surface area contributed by atoms with Crippen LogP contribution in [0.5, 0.6) is 0 Å². The van der Waals surface area contributed by atoms with Gasteiger partial charge in [0.2, 0.25) is 0 Å². The van der Waals surface area contributed by atoms with Crippen LogP contribution in [0.3, 0.4) is 0 Å². The van der Waals surface area contributed by atoms with E-state index in [0.29, 0.717) is 0 Å². The van der Waals surface area contributed by atoms with Crippen molar-refractivity contribution in [3.05, 3.63) is 40.4 Å². The summed E-state index contributed by atoms with van der Waals surface area (Å²) in [5.41, 5.74) is -0.280. The lowest BCUT2D eigenvalue weighted by Crippen LogP contribution is -2.03. The van der Waals surface area contributed by atoms with Crippen LogP contribution in [0.4, 0.5) is 5.69 Å². The minimum atomic E-state index is -4.57. The monoisotopic (exact) mass is 254 g/mol. The average molecular weight is 254 g/mol. The van der Waals surface area contributed by atoms with Gasteiger partial charge in [0.15, 0.2) is 5.03 Å². The van der Waals surface area contributed by atoms with E-state index in [-0.39, 0.29) is 10.9 Å². The first-order valence-electron chi connectivity index (χ1n) is 4.41. The van der Waals surface area contributed by atoms with Gasteiger partial charge in [-0.05, 0) is 12.1 Å². The van der Waals surface area contributed by atoms with Crippen LogP contribution in [0.25, 0.3) is 10.9 Å². The zero-order valence-corrected chi connectivity index (χ0v) is 9.09. The molecule has 0 amide bonds. The third-order valence-corrected chi connectivity index (χ3v) is 2.87. The molecule has 1 heterocycles. The van der Waals surface area contributed by atoms with Crippen LogP contribution in [0.1, 0.15) is 0 Å². The van der Waals surface area contributed by atoms with Crippen LogP contribution in [0.2, 0.25) is 0 Å². The molecule has 17 heavy (non-hydrogen) atoms. The Labute approximate surface area is 95.6 Å². The number of pyridine rings is 1. The largest absolute Gasteiger partial charge is 0.312 e. The Morgan fingerprint density at radius 2 is 1.94 bits per heavy atom. The molecule has 1 aromatic carbocycles. The second-order valence-corrected chi connectivity index (χ2v) is 4.60. The standard InChI is InChI=1S/C9H6N2O5S/c12-11(13)8-5-9(17(14,15)16)10-7-4-2-1-3-6(7)8/h1-5H,(H,14,15,16). The second kappa shape index (κ2) is 3.75. The fourth-order valence-electron chi connectivity index (χ4n) is 1.42. The fourth-order valence-corrected chi connectivity index (χ4v) is 1.89. The van der Waals surface area contributed by atoms with Gasteiger partial charge in [-0.1, -0.05) is 12.1 Å². The molecule has 0 bridgehead atoms. The maximum atomic E-state index is 10.9. The number of benzene rings is 1. The van der Waals surface area contributed by atoms with Crippen molar-refractivity contribution in [3.8, 4) is 0 Å². The number of nitro groups is 1. The fraction of sp³-hybridized carbons (Fsp3) is 0. The van der Waals surface area contributed by atoms with Crippen molar-refractivity contribution < 1.29 is 17.9 Å². The molecule has 0 fully saturated rings. The molecule has 1 N–H and O–H groups in total. The van der Waals surface area contributed by atoms with Gasteiger partial charge in [-0.25, -0.2) is 4.98 Å². The van der Waals surface area contributed by atoms with E-state index in [4.69, 9.17) is 4.55 Å². The van der Waals surface area contributed by atoms with Crippen molar-refractivity contribution in [1.29, 1.82) is 0 Å². The van der Waals surface area contributed by atoms with E-state index >= 15 is 0 Å². The Bertz CT molecular complexity index is 710. The van der Waals surface area contributed by atoms with Gasteiger partial charge in [-0.15, -0.1) is 0 Å². The maximum absolute atomic E-state index is 10.9. The summed E-state index contributed by atoms with van der Waals surface area (Å²) in [7, 11) is -4.57. The van der Waals surface area contributed by atoms with E-state index in [9.17, 15) is 18.5 Å². The lowest BCUT2D eigenvalue weighted by molar-refractivity contribution is -0.383. The zero-order valence-electron chi connectivity index (χ0n) is 8.27.